The van der Waals surface area contributed by atoms with Crippen LogP contribution < -0.4 is 25.4 Å². The van der Waals surface area contributed by atoms with Crippen LogP contribution in [0.2, 0.25) is 0 Å². The van der Waals surface area contributed by atoms with Crippen LogP contribution in [0, 0.1) is 0 Å². The first-order valence-electron chi connectivity index (χ1n) is 13.4. The van der Waals surface area contributed by atoms with Gasteiger partial charge in [-0.05, 0) is 72.8 Å². The predicted molar refractivity (Wildman–Crippen MR) is 167 cm³/mol. The normalized spacial score (nSPS) is 11.4. The van der Waals surface area contributed by atoms with Crippen LogP contribution in [0.1, 0.15) is 21.5 Å². The number of hydrogen-bond donors (Lipinski definition) is 3. The van der Waals surface area contributed by atoms with E-state index in [0.717, 1.165) is 23.9 Å². The van der Waals surface area contributed by atoms with Gasteiger partial charge in [0.1, 0.15) is 17.2 Å². The number of hydrogen-bond acceptors (Lipinski definition) is 6. The maximum atomic E-state index is 13.5. The Bertz CT molecular complexity index is 1710. The average Bonchev–Trinajstić information content (AvgIpc) is 3.03. The minimum Gasteiger partial charge on any atom is -0.497 e. The third-order valence-corrected chi connectivity index (χ3v) is 7.19. The summed E-state index contributed by atoms with van der Waals surface area (Å²) in [4.78, 5) is 39.5. The number of thioether (sulfide) groups is 1. The number of carbonyl (C=O) groups is 3. The lowest BCUT2D eigenvalue weighted by Crippen LogP contribution is -2.30. The Balaban J connectivity index is 1.49. The van der Waals surface area contributed by atoms with Gasteiger partial charge < -0.3 is 25.4 Å². The molecule has 0 fully saturated rings. The number of benzene rings is 4. The molecule has 0 radical (unpaired) electrons. The number of alkyl halides is 3. The van der Waals surface area contributed by atoms with Crippen LogP contribution in [0.5, 0.6) is 11.5 Å². The Kier molecular flexibility index (Phi) is 10.9. The van der Waals surface area contributed by atoms with Gasteiger partial charge >= 0.3 is 6.18 Å². The highest BCUT2D eigenvalue weighted by Crippen LogP contribution is 2.31. The van der Waals surface area contributed by atoms with E-state index in [0.29, 0.717) is 33.2 Å². The van der Waals surface area contributed by atoms with E-state index in [4.69, 9.17) is 9.47 Å². The number of halogens is 3. The van der Waals surface area contributed by atoms with Crippen LogP contribution in [-0.2, 0) is 15.8 Å². The van der Waals surface area contributed by atoms with E-state index in [-0.39, 0.29) is 17.1 Å². The predicted octanol–water partition coefficient (Wildman–Crippen LogP) is 6.86. The molecule has 0 aromatic heterocycles. The summed E-state index contributed by atoms with van der Waals surface area (Å²) in [5.74, 6) is -0.782. The summed E-state index contributed by atoms with van der Waals surface area (Å²) in [7, 11) is 2.98. The monoisotopic (exact) mass is 635 g/mol. The number of ether oxygens (including phenoxy) is 2. The zero-order chi connectivity index (χ0) is 32.4. The van der Waals surface area contributed by atoms with Gasteiger partial charge in [0.05, 0.1) is 25.5 Å². The van der Waals surface area contributed by atoms with Crippen molar-refractivity contribution in [3.8, 4) is 11.5 Å². The van der Waals surface area contributed by atoms with E-state index >= 15 is 0 Å². The number of carbonyl (C=O) groups excluding carboxylic acids is 3. The Labute approximate surface area is 261 Å². The molecule has 3 amide bonds. The number of anilines is 2. The molecule has 45 heavy (non-hydrogen) atoms. The highest BCUT2D eigenvalue weighted by molar-refractivity contribution is 8.00. The Hall–Kier alpha value is -5.23. The number of methoxy groups -OCH3 is 2. The Morgan fingerprint density at radius 3 is 2.20 bits per heavy atom. The summed E-state index contributed by atoms with van der Waals surface area (Å²) in [6.07, 6.45) is -3.06. The van der Waals surface area contributed by atoms with Gasteiger partial charge in [-0.3, -0.25) is 14.4 Å². The van der Waals surface area contributed by atoms with Gasteiger partial charge in [-0.15, -0.1) is 11.8 Å². The lowest BCUT2D eigenvalue weighted by molar-refractivity contribution is -0.137. The lowest BCUT2D eigenvalue weighted by Gasteiger charge is -2.14. The van der Waals surface area contributed by atoms with Crippen molar-refractivity contribution in [3.63, 3.8) is 0 Å². The van der Waals surface area contributed by atoms with Crippen LogP contribution in [-0.4, -0.2) is 37.7 Å². The summed E-state index contributed by atoms with van der Waals surface area (Å²) in [5, 5.41) is 7.89. The second-order valence-electron chi connectivity index (χ2n) is 9.38. The van der Waals surface area contributed by atoms with Crippen molar-refractivity contribution in [2.45, 2.75) is 11.1 Å². The molecule has 0 unspecified atom stereocenters. The molecule has 0 aliphatic rings. The molecule has 0 aliphatic carbocycles. The summed E-state index contributed by atoms with van der Waals surface area (Å²) >= 11 is 1.13. The van der Waals surface area contributed by atoms with E-state index in [1.807, 2.05) is 0 Å². The van der Waals surface area contributed by atoms with Crippen molar-refractivity contribution in [2.24, 2.45) is 0 Å². The first kappa shape index (κ1) is 32.7. The summed E-state index contributed by atoms with van der Waals surface area (Å²) in [6, 6.07) is 24.4. The molecular formula is C33H28F3N3O5S. The Morgan fingerprint density at radius 2 is 1.51 bits per heavy atom. The van der Waals surface area contributed by atoms with Crippen molar-refractivity contribution in [2.75, 3.05) is 30.6 Å². The van der Waals surface area contributed by atoms with Crippen LogP contribution in [0.4, 0.5) is 24.5 Å². The van der Waals surface area contributed by atoms with Crippen molar-refractivity contribution in [1.82, 2.24) is 5.32 Å². The molecule has 4 rings (SSSR count). The standard InChI is InChI=1S/C33H28F3N3O5S/c1-43-26-14-15-29(44-2)22(16-26)17-28(39-31(41)21-8-4-3-5-9-21)32(42)38-25-12-7-13-27(19-25)45-20-30(40)37-24-11-6-10-23(18-24)33(34,35)36/h3-19H,20H2,1-2H3,(H,37,40)(H,38,42)(H,39,41)/b28-17+. The molecule has 0 spiro atoms. The first-order chi connectivity index (χ1) is 21.5. The van der Waals surface area contributed by atoms with Crippen LogP contribution >= 0.6 is 11.8 Å². The van der Waals surface area contributed by atoms with E-state index in [9.17, 15) is 27.6 Å². The molecule has 8 nitrogen and oxygen atoms in total. The van der Waals surface area contributed by atoms with E-state index in [2.05, 4.69) is 16.0 Å². The minimum atomic E-state index is -4.53. The lowest BCUT2D eigenvalue weighted by atomic mass is 10.1. The van der Waals surface area contributed by atoms with Crippen molar-refractivity contribution in [1.29, 1.82) is 0 Å². The molecule has 0 bridgehead atoms. The quantitative estimate of drug-likeness (QED) is 0.123. The number of nitrogens with one attached hydrogen (secondary N) is 3. The smallest absolute Gasteiger partial charge is 0.416 e. The number of amides is 3. The second kappa shape index (κ2) is 15.0. The molecule has 3 N–H and O–H groups in total. The van der Waals surface area contributed by atoms with E-state index in [1.54, 1.807) is 72.8 Å². The fourth-order valence-corrected chi connectivity index (χ4v) is 4.79. The zero-order valence-electron chi connectivity index (χ0n) is 24.1. The third kappa shape index (κ3) is 9.38. The maximum Gasteiger partial charge on any atom is 0.416 e. The van der Waals surface area contributed by atoms with E-state index < -0.39 is 29.5 Å². The topological polar surface area (TPSA) is 106 Å². The van der Waals surface area contributed by atoms with Gasteiger partial charge in [0.2, 0.25) is 5.91 Å². The Morgan fingerprint density at radius 1 is 0.800 bits per heavy atom. The van der Waals surface area contributed by atoms with Gasteiger partial charge in [0.25, 0.3) is 11.8 Å². The summed E-state index contributed by atoms with van der Waals surface area (Å²) < 4.78 is 49.7. The number of rotatable bonds is 11. The van der Waals surface area contributed by atoms with Crippen LogP contribution in [0.3, 0.4) is 0 Å². The van der Waals surface area contributed by atoms with Crippen LogP contribution in [0.25, 0.3) is 6.08 Å². The third-order valence-electron chi connectivity index (χ3n) is 6.20. The molecular weight excluding hydrogens is 607 g/mol. The summed E-state index contributed by atoms with van der Waals surface area (Å²) in [5.41, 5.74) is 0.285. The summed E-state index contributed by atoms with van der Waals surface area (Å²) in [6.45, 7) is 0. The van der Waals surface area contributed by atoms with Crippen molar-refractivity contribution in [3.05, 3.63) is 119 Å². The van der Waals surface area contributed by atoms with Crippen molar-refractivity contribution < 1.29 is 37.0 Å². The van der Waals surface area contributed by atoms with Gasteiger partial charge in [0, 0.05) is 27.4 Å². The highest BCUT2D eigenvalue weighted by Gasteiger charge is 2.30. The van der Waals surface area contributed by atoms with Gasteiger partial charge in [-0.1, -0.05) is 30.3 Å². The molecule has 0 heterocycles. The maximum absolute atomic E-state index is 13.5. The zero-order valence-corrected chi connectivity index (χ0v) is 24.9. The molecule has 0 aliphatic heterocycles. The van der Waals surface area contributed by atoms with E-state index in [1.165, 1.54) is 32.4 Å². The molecule has 0 atom stereocenters. The molecule has 0 saturated carbocycles. The molecule has 4 aromatic carbocycles. The molecule has 0 saturated heterocycles. The van der Waals surface area contributed by atoms with Gasteiger partial charge in [-0.2, -0.15) is 13.2 Å². The molecule has 12 heteroatoms. The largest absolute Gasteiger partial charge is 0.497 e. The minimum absolute atomic E-state index is 0.0287. The highest BCUT2D eigenvalue weighted by atomic mass is 32.2. The molecule has 232 valence electrons. The van der Waals surface area contributed by atoms with Gasteiger partial charge in [0.15, 0.2) is 0 Å². The first-order valence-corrected chi connectivity index (χ1v) is 14.4. The average molecular weight is 636 g/mol. The fourth-order valence-electron chi connectivity index (χ4n) is 4.03. The fraction of sp³-hybridized carbons (Fsp3) is 0.121. The SMILES string of the molecule is COc1ccc(OC)c(/C=C(/NC(=O)c2ccccc2)C(=O)Nc2cccc(SCC(=O)Nc3cccc(C(F)(F)F)c3)c2)c1. The second-order valence-corrected chi connectivity index (χ2v) is 10.4. The molecule has 4 aromatic rings. The van der Waals surface area contributed by atoms with Crippen molar-refractivity contribution >= 4 is 46.9 Å². The van der Waals surface area contributed by atoms with Gasteiger partial charge in [-0.25, -0.2) is 0 Å². The van der Waals surface area contributed by atoms with Crippen LogP contribution in [0.15, 0.2) is 108 Å².